The van der Waals surface area contributed by atoms with Crippen molar-refractivity contribution in [1.29, 1.82) is 0 Å². The molecule has 0 unspecified atom stereocenters. The zero-order chi connectivity index (χ0) is 20.7. The summed E-state index contributed by atoms with van der Waals surface area (Å²) in [5, 5.41) is 13.6. The number of nitrogens with one attached hydrogen (secondary N) is 2. The predicted octanol–water partition coefficient (Wildman–Crippen LogP) is 1.73. The molecule has 2 N–H and O–H groups in total. The van der Waals surface area contributed by atoms with Gasteiger partial charge in [-0.2, -0.15) is 0 Å². The fourth-order valence-corrected chi connectivity index (χ4v) is 3.30. The summed E-state index contributed by atoms with van der Waals surface area (Å²) in [6, 6.07) is 8.82. The minimum atomic E-state index is -4.04. The maximum atomic E-state index is 12.8. The zero-order valence-electron chi connectivity index (χ0n) is 14.8. The van der Waals surface area contributed by atoms with Crippen LogP contribution >= 0.6 is 0 Å². The van der Waals surface area contributed by atoms with Crippen molar-refractivity contribution < 1.29 is 27.3 Å². The number of sulfonamides is 1. The van der Waals surface area contributed by atoms with Gasteiger partial charge in [-0.15, -0.1) is 0 Å². The maximum Gasteiger partial charge on any atom is 0.312 e. The molecular weight excluding hydrogens is 393 g/mol. The van der Waals surface area contributed by atoms with Crippen LogP contribution in [-0.2, 0) is 21.4 Å². The van der Waals surface area contributed by atoms with Crippen LogP contribution in [0.5, 0.6) is 5.75 Å². The van der Waals surface area contributed by atoms with E-state index in [-0.39, 0.29) is 36.0 Å². The third-order valence-corrected chi connectivity index (χ3v) is 5.16. The van der Waals surface area contributed by atoms with Crippen molar-refractivity contribution in [3.05, 3.63) is 64.0 Å². The van der Waals surface area contributed by atoms with Gasteiger partial charge in [0.1, 0.15) is 5.82 Å². The van der Waals surface area contributed by atoms with Gasteiger partial charge in [-0.05, 0) is 29.8 Å². The molecule has 2 aromatic rings. The van der Waals surface area contributed by atoms with Crippen LogP contribution < -0.4 is 14.8 Å². The molecule has 0 radical (unpaired) electrons. The highest BCUT2D eigenvalue weighted by Gasteiger charge is 2.21. The average molecular weight is 411 g/mol. The molecule has 0 atom stereocenters. The van der Waals surface area contributed by atoms with Gasteiger partial charge >= 0.3 is 5.69 Å². The van der Waals surface area contributed by atoms with Gasteiger partial charge in [-0.1, -0.05) is 12.1 Å². The molecule has 0 bridgehead atoms. The summed E-state index contributed by atoms with van der Waals surface area (Å²) in [6.07, 6.45) is -0.140. The summed E-state index contributed by atoms with van der Waals surface area (Å²) >= 11 is 0. The number of carbonyl (C=O) groups is 1. The van der Waals surface area contributed by atoms with Gasteiger partial charge in [0.25, 0.3) is 0 Å². The number of benzene rings is 2. The monoisotopic (exact) mass is 411 g/mol. The van der Waals surface area contributed by atoms with E-state index in [1.165, 1.54) is 43.5 Å². The second-order valence-electron chi connectivity index (χ2n) is 5.64. The molecule has 150 valence electrons. The van der Waals surface area contributed by atoms with Gasteiger partial charge < -0.3 is 10.1 Å². The van der Waals surface area contributed by atoms with E-state index in [9.17, 15) is 27.7 Å². The molecule has 0 spiro atoms. The Balaban J connectivity index is 1.90. The van der Waals surface area contributed by atoms with E-state index in [1.807, 2.05) is 0 Å². The SMILES string of the molecule is COc1ccc(S(=O)(=O)NCCC(=O)NCc2ccc(F)cc2)cc1[N+](=O)[O-]. The fourth-order valence-electron chi connectivity index (χ4n) is 2.25. The Morgan fingerprint density at radius 2 is 1.89 bits per heavy atom. The first kappa shape index (κ1) is 21.3. The van der Waals surface area contributed by atoms with Crippen molar-refractivity contribution in [1.82, 2.24) is 10.0 Å². The summed E-state index contributed by atoms with van der Waals surface area (Å²) in [5.41, 5.74) is 0.211. The number of methoxy groups -OCH3 is 1. The second-order valence-corrected chi connectivity index (χ2v) is 7.41. The Morgan fingerprint density at radius 1 is 1.21 bits per heavy atom. The summed E-state index contributed by atoms with van der Waals surface area (Å²) in [4.78, 5) is 21.8. The Bertz CT molecular complexity index is 963. The zero-order valence-corrected chi connectivity index (χ0v) is 15.7. The normalized spacial score (nSPS) is 11.1. The van der Waals surface area contributed by atoms with Gasteiger partial charge in [0.2, 0.25) is 15.9 Å². The maximum absolute atomic E-state index is 12.8. The van der Waals surface area contributed by atoms with Crippen molar-refractivity contribution in [2.75, 3.05) is 13.7 Å². The second kappa shape index (κ2) is 9.24. The van der Waals surface area contributed by atoms with Crippen molar-refractivity contribution in [3.8, 4) is 5.75 Å². The Kier molecular flexibility index (Phi) is 7.01. The number of nitro benzene ring substituents is 1. The third kappa shape index (κ3) is 5.72. The molecule has 2 aromatic carbocycles. The number of carbonyl (C=O) groups excluding carboxylic acids is 1. The third-order valence-electron chi connectivity index (χ3n) is 3.70. The number of hydrogen-bond acceptors (Lipinski definition) is 6. The first-order chi connectivity index (χ1) is 13.2. The average Bonchev–Trinajstić information content (AvgIpc) is 2.66. The molecule has 28 heavy (non-hydrogen) atoms. The number of nitro groups is 1. The molecule has 0 fully saturated rings. The van der Waals surface area contributed by atoms with Crippen LogP contribution in [0.4, 0.5) is 10.1 Å². The van der Waals surface area contributed by atoms with Crippen LogP contribution in [0.2, 0.25) is 0 Å². The molecule has 0 saturated carbocycles. The number of rotatable bonds is 9. The van der Waals surface area contributed by atoms with Gasteiger partial charge in [0.05, 0.1) is 16.9 Å². The summed E-state index contributed by atoms with van der Waals surface area (Å²) in [7, 11) is -2.81. The van der Waals surface area contributed by atoms with E-state index in [1.54, 1.807) is 0 Å². The quantitative estimate of drug-likeness (QED) is 0.478. The van der Waals surface area contributed by atoms with Gasteiger partial charge in [0, 0.05) is 25.6 Å². The minimum Gasteiger partial charge on any atom is -0.490 e. The lowest BCUT2D eigenvalue weighted by molar-refractivity contribution is -0.386. The van der Waals surface area contributed by atoms with E-state index in [2.05, 4.69) is 10.0 Å². The van der Waals surface area contributed by atoms with E-state index in [0.717, 1.165) is 6.07 Å². The van der Waals surface area contributed by atoms with Gasteiger partial charge in [-0.3, -0.25) is 14.9 Å². The number of ether oxygens (including phenoxy) is 1. The first-order valence-electron chi connectivity index (χ1n) is 8.06. The van der Waals surface area contributed by atoms with E-state index >= 15 is 0 Å². The molecule has 0 aliphatic rings. The Labute approximate surface area is 160 Å². The van der Waals surface area contributed by atoms with Crippen LogP contribution in [-0.4, -0.2) is 32.9 Å². The lowest BCUT2D eigenvalue weighted by Gasteiger charge is -2.09. The first-order valence-corrected chi connectivity index (χ1v) is 9.54. The van der Waals surface area contributed by atoms with Crippen LogP contribution in [0.25, 0.3) is 0 Å². The molecule has 0 saturated heterocycles. The summed E-state index contributed by atoms with van der Waals surface area (Å²) < 4.78 is 44.4. The lowest BCUT2D eigenvalue weighted by Crippen LogP contribution is -2.30. The number of hydrogen-bond donors (Lipinski definition) is 2. The van der Waals surface area contributed by atoms with E-state index < -0.39 is 26.5 Å². The Morgan fingerprint density at radius 3 is 2.50 bits per heavy atom. The molecular formula is C17H18FN3O6S. The molecule has 0 aliphatic carbocycles. The van der Waals surface area contributed by atoms with Gasteiger partial charge in [-0.25, -0.2) is 17.5 Å². The lowest BCUT2D eigenvalue weighted by atomic mass is 10.2. The predicted molar refractivity (Wildman–Crippen MR) is 97.7 cm³/mol. The molecule has 0 heterocycles. The molecule has 9 nitrogen and oxygen atoms in total. The summed E-state index contributed by atoms with van der Waals surface area (Å²) in [5.74, 6) is -0.861. The van der Waals surface area contributed by atoms with Crippen molar-refractivity contribution >= 4 is 21.6 Å². The highest BCUT2D eigenvalue weighted by molar-refractivity contribution is 7.89. The van der Waals surface area contributed by atoms with E-state index in [4.69, 9.17) is 4.74 Å². The van der Waals surface area contributed by atoms with Gasteiger partial charge in [0.15, 0.2) is 5.75 Å². The van der Waals surface area contributed by atoms with Crippen molar-refractivity contribution in [2.24, 2.45) is 0 Å². The minimum absolute atomic E-state index is 0.0656. The number of amides is 1. The fraction of sp³-hybridized carbons (Fsp3) is 0.235. The van der Waals surface area contributed by atoms with Crippen LogP contribution in [0, 0.1) is 15.9 Å². The van der Waals surface area contributed by atoms with E-state index in [0.29, 0.717) is 5.56 Å². The molecule has 0 aromatic heterocycles. The summed E-state index contributed by atoms with van der Waals surface area (Å²) in [6.45, 7) is -0.0199. The van der Waals surface area contributed by atoms with Crippen molar-refractivity contribution in [3.63, 3.8) is 0 Å². The van der Waals surface area contributed by atoms with Crippen LogP contribution in [0.15, 0.2) is 47.4 Å². The standard InChI is InChI=1S/C17H18FN3O6S/c1-27-16-7-6-14(10-15(16)21(23)24)28(25,26)20-9-8-17(22)19-11-12-2-4-13(18)5-3-12/h2-7,10,20H,8-9,11H2,1H3,(H,19,22). The highest BCUT2D eigenvalue weighted by atomic mass is 32.2. The largest absolute Gasteiger partial charge is 0.490 e. The van der Waals surface area contributed by atoms with Crippen LogP contribution in [0.3, 0.4) is 0 Å². The Hall–Kier alpha value is -3.05. The molecule has 11 heteroatoms. The highest BCUT2D eigenvalue weighted by Crippen LogP contribution is 2.29. The molecule has 1 amide bonds. The number of halogens is 1. The molecule has 2 rings (SSSR count). The number of nitrogens with zero attached hydrogens (tertiary/aromatic N) is 1. The smallest absolute Gasteiger partial charge is 0.312 e. The van der Waals surface area contributed by atoms with Crippen LogP contribution in [0.1, 0.15) is 12.0 Å². The van der Waals surface area contributed by atoms with Crippen molar-refractivity contribution in [2.45, 2.75) is 17.9 Å². The topological polar surface area (TPSA) is 128 Å². The molecule has 0 aliphatic heterocycles.